The molecule has 3 heteroatoms. The highest BCUT2D eigenvalue weighted by molar-refractivity contribution is 9.09. The van der Waals surface area contributed by atoms with E-state index in [1.807, 2.05) is 24.0 Å². The fourth-order valence-electron chi connectivity index (χ4n) is 2.53. The molecule has 0 spiro atoms. The topological polar surface area (TPSA) is 20.3 Å². The van der Waals surface area contributed by atoms with Gasteiger partial charge in [-0.2, -0.15) is 0 Å². The van der Waals surface area contributed by atoms with Crippen molar-refractivity contribution in [3.63, 3.8) is 0 Å². The van der Waals surface area contributed by atoms with Crippen LogP contribution in [0, 0.1) is 19.8 Å². The standard InChI is InChI=1S/C15H20BrNO/c1-10-4-5-13(11(2)8-10)15(18)17-7-6-14(16)12(3)9-17/h4-5,8,12,14H,6-7,9H2,1-3H3. The summed E-state index contributed by atoms with van der Waals surface area (Å²) in [5.41, 5.74) is 3.13. The molecule has 18 heavy (non-hydrogen) atoms. The second kappa shape index (κ2) is 5.43. The van der Waals surface area contributed by atoms with Gasteiger partial charge < -0.3 is 4.90 Å². The third-order valence-corrected chi connectivity index (χ3v) is 5.06. The molecule has 1 fully saturated rings. The Balaban J connectivity index is 2.16. The van der Waals surface area contributed by atoms with Gasteiger partial charge >= 0.3 is 0 Å². The number of likely N-dealkylation sites (tertiary alicyclic amines) is 1. The molecule has 1 saturated heterocycles. The van der Waals surface area contributed by atoms with E-state index in [1.165, 1.54) is 5.56 Å². The molecule has 0 saturated carbocycles. The van der Waals surface area contributed by atoms with Crippen LogP contribution in [0.25, 0.3) is 0 Å². The number of aryl methyl sites for hydroxylation is 2. The minimum Gasteiger partial charge on any atom is -0.338 e. The van der Waals surface area contributed by atoms with Crippen molar-refractivity contribution in [2.45, 2.75) is 32.0 Å². The predicted octanol–water partition coefficient (Wildman–Crippen LogP) is 3.55. The molecule has 0 N–H and O–H groups in total. The molecule has 1 aliphatic rings. The average Bonchev–Trinajstić information content (AvgIpc) is 2.32. The Bertz CT molecular complexity index is 458. The summed E-state index contributed by atoms with van der Waals surface area (Å²) < 4.78 is 0. The molecule has 1 aromatic rings. The van der Waals surface area contributed by atoms with Gasteiger partial charge in [0.2, 0.25) is 0 Å². The van der Waals surface area contributed by atoms with Gasteiger partial charge in [0.1, 0.15) is 0 Å². The zero-order valence-electron chi connectivity index (χ0n) is 11.2. The fourth-order valence-corrected chi connectivity index (χ4v) is 2.90. The molecule has 2 nitrogen and oxygen atoms in total. The molecule has 0 aromatic heterocycles. The van der Waals surface area contributed by atoms with E-state index in [0.717, 1.165) is 30.6 Å². The first kappa shape index (κ1) is 13.6. The Kier molecular flexibility index (Phi) is 4.10. The van der Waals surface area contributed by atoms with Crippen LogP contribution in [-0.2, 0) is 0 Å². The second-order valence-corrected chi connectivity index (χ2v) is 6.53. The SMILES string of the molecule is Cc1ccc(C(=O)N2CCC(Br)C(C)C2)c(C)c1. The molecule has 1 aliphatic heterocycles. The van der Waals surface area contributed by atoms with E-state index < -0.39 is 0 Å². The van der Waals surface area contributed by atoms with Crippen LogP contribution in [0.1, 0.15) is 34.8 Å². The van der Waals surface area contributed by atoms with E-state index in [1.54, 1.807) is 0 Å². The molecule has 2 unspecified atom stereocenters. The number of carbonyl (C=O) groups excluding carboxylic acids is 1. The third kappa shape index (κ3) is 2.77. The summed E-state index contributed by atoms with van der Waals surface area (Å²) in [5, 5.41) is 0. The van der Waals surface area contributed by atoms with Crippen molar-refractivity contribution >= 4 is 21.8 Å². The maximum absolute atomic E-state index is 12.5. The number of hydrogen-bond donors (Lipinski definition) is 0. The van der Waals surface area contributed by atoms with E-state index in [0.29, 0.717) is 10.7 Å². The van der Waals surface area contributed by atoms with Crippen LogP contribution < -0.4 is 0 Å². The molecule has 98 valence electrons. The molecule has 2 rings (SSSR count). The summed E-state index contributed by atoms with van der Waals surface area (Å²) in [6.45, 7) is 7.97. The molecule has 0 radical (unpaired) electrons. The molecular weight excluding hydrogens is 290 g/mol. The first-order valence-corrected chi connectivity index (χ1v) is 7.41. The number of alkyl halides is 1. The van der Waals surface area contributed by atoms with Gasteiger partial charge in [-0.3, -0.25) is 4.79 Å². The number of halogens is 1. The highest BCUT2D eigenvalue weighted by atomic mass is 79.9. The summed E-state index contributed by atoms with van der Waals surface area (Å²) in [6, 6.07) is 6.05. The van der Waals surface area contributed by atoms with E-state index in [2.05, 4.69) is 35.8 Å². The molecule has 1 aromatic carbocycles. The first-order valence-electron chi connectivity index (χ1n) is 6.49. The van der Waals surface area contributed by atoms with Crippen molar-refractivity contribution in [3.05, 3.63) is 34.9 Å². The van der Waals surface area contributed by atoms with Gasteiger partial charge in [0.15, 0.2) is 0 Å². The molecular formula is C15H20BrNO. The van der Waals surface area contributed by atoms with Gasteiger partial charge in [0, 0.05) is 23.5 Å². The maximum Gasteiger partial charge on any atom is 0.254 e. The van der Waals surface area contributed by atoms with Crippen molar-refractivity contribution < 1.29 is 4.79 Å². The van der Waals surface area contributed by atoms with Crippen molar-refractivity contribution in [3.8, 4) is 0 Å². The Hall–Kier alpha value is -0.830. The lowest BCUT2D eigenvalue weighted by Gasteiger charge is -2.34. The Morgan fingerprint density at radius 2 is 2.11 bits per heavy atom. The lowest BCUT2D eigenvalue weighted by Crippen LogP contribution is -2.43. The first-order chi connectivity index (χ1) is 8.49. The van der Waals surface area contributed by atoms with Crippen LogP contribution in [0.15, 0.2) is 18.2 Å². The van der Waals surface area contributed by atoms with Crippen LogP contribution in [0.3, 0.4) is 0 Å². The van der Waals surface area contributed by atoms with Crippen LogP contribution in [0.2, 0.25) is 0 Å². The van der Waals surface area contributed by atoms with Crippen molar-refractivity contribution in [2.24, 2.45) is 5.92 Å². The molecule has 0 bridgehead atoms. The van der Waals surface area contributed by atoms with E-state index >= 15 is 0 Å². The summed E-state index contributed by atoms with van der Waals surface area (Å²) in [4.78, 5) is 15.0. The quantitative estimate of drug-likeness (QED) is 0.727. The van der Waals surface area contributed by atoms with Crippen LogP contribution in [-0.4, -0.2) is 28.7 Å². The summed E-state index contributed by atoms with van der Waals surface area (Å²) in [7, 11) is 0. The molecule has 1 heterocycles. The maximum atomic E-state index is 12.5. The van der Waals surface area contributed by atoms with E-state index in [9.17, 15) is 4.79 Å². The Morgan fingerprint density at radius 3 is 2.72 bits per heavy atom. The Morgan fingerprint density at radius 1 is 1.39 bits per heavy atom. The van der Waals surface area contributed by atoms with Crippen LogP contribution >= 0.6 is 15.9 Å². The third-order valence-electron chi connectivity index (χ3n) is 3.70. The smallest absolute Gasteiger partial charge is 0.254 e. The minimum absolute atomic E-state index is 0.179. The van der Waals surface area contributed by atoms with Gasteiger partial charge in [-0.15, -0.1) is 0 Å². The van der Waals surface area contributed by atoms with Crippen molar-refractivity contribution in [1.82, 2.24) is 4.90 Å². The normalized spacial score (nSPS) is 24.1. The lowest BCUT2D eigenvalue weighted by atomic mass is 9.98. The molecule has 1 amide bonds. The monoisotopic (exact) mass is 309 g/mol. The number of amides is 1. The van der Waals surface area contributed by atoms with Crippen molar-refractivity contribution in [1.29, 1.82) is 0 Å². The number of hydrogen-bond acceptors (Lipinski definition) is 1. The van der Waals surface area contributed by atoms with E-state index in [4.69, 9.17) is 0 Å². The summed E-state index contributed by atoms with van der Waals surface area (Å²) in [5.74, 6) is 0.701. The number of benzene rings is 1. The van der Waals surface area contributed by atoms with Gasteiger partial charge in [-0.05, 0) is 37.8 Å². The second-order valence-electron chi connectivity index (χ2n) is 5.35. The predicted molar refractivity (Wildman–Crippen MR) is 78.3 cm³/mol. The minimum atomic E-state index is 0.179. The summed E-state index contributed by atoms with van der Waals surface area (Å²) >= 11 is 3.67. The zero-order valence-corrected chi connectivity index (χ0v) is 12.8. The zero-order chi connectivity index (χ0) is 13.3. The van der Waals surface area contributed by atoms with Crippen LogP contribution in [0.4, 0.5) is 0 Å². The highest BCUT2D eigenvalue weighted by Gasteiger charge is 2.27. The van der Waals surface area contributed by atoms with E-state index in [-0.39, 0.29) is 5.91 Å². The lowest BCUT2D eigenvalue weighted by molar-refractivity contribution is 0.0690. The van der Waals surface area contributed by atoms with Gasteiger partial charge in [-0.25, -0.2) is 0 Å². The average molecular weight is 310 g/mol. The number of piperidine rings is 1. The van der Waals surface area contributed by atoms with Crippen molar-refractivity contribution in [2.75, 3.05) is 13.1 Å². The van der Waals surface area contributed by atoms with Gasteiger partial charge in [-0.1, -0.05) is 40.5 Å². The fraction of sp³-hybridized carbons (Fsp3) is 0.533. The van der Waals surface area contributed by atoms with Gasteiger partial charge in [0.25, 0.3) is 5.91 Å². The Labute approximate surface area is 117 Å². The largest absolute Gasteiger partial charge is 0.338 e. The summed E-state index contributed by atoms with van der Waals surface area (Å²) in [6.07, 6.45) is 1.04. The van der Waals surface area contributed by atoms with Crippen LogP contribution in [0.5, 0.6) is 0 Å². The van der Waals surface area contributed by atoms with Gasteiger partial charge in [0.05, 0.1) is 0 Å². The number of carbonyl (C=O) groups is 1. The highest BCUT2D eigenvalue weighted by Crippen LogP contribution is 2.25. The number of rotatable bonds is 1. The molecule has 2 atom stereocenters. The number of nitrogens with zero attached hydrogens (tertiary/aromatic N) is 1. The molecule has 0 aliphatic carbocycles.